The van der Waals surface area contributed by atoms with Crippen molar-refractivity contribution < 1.29 is 33.8 Å². The van der Waals surface area contributed by atoms with E-state index in [1.165, 1.54) is 0 Å². The second-order valence-corrected chi connectivity index (χ2v) is 7.17. The molecule has 0 fully saturated rings. The fourth-order valence-corrected chi connectivity index (χ4v) is 2.85. The van der Waals surface area contributed by atoms with Crippen LogP contribution in [-0.2, 0) is 30.5 Å². The molecule has 1 aromatic rings. The molecule has 0 aliphatic carbocycles. The number of alkyl carbamates (subject to hydrolysis) is 1. The monoisotopic (exact) mass is 436 g/mol. The van der Waals surface area contributed by atoms with Crippen LogP contribution in [0.4, 0.5) is 4.79 Å². The second-order valence-electron chi connectivity index (χ2n) is 7.17. The van der Waals surface area contributed by atoms with E-state index in [0.717, 1.165) is 5.56 Å². The van der Waals surface area contributed by atoms with Crippen LogP contribution in [0.5, 0.6) is 0 Å². The van der Waals surface area contributed by atoms with Crippen molar-refractivity contribution in [3.05, 3.63) is 35.9 Å². The standard InChI is InChI=1S/C22H32N2O7/c1-3-30-19(26)14-16(2)20(21(27)28)24-18(25)12-8-5-9-13-23-22(29)31-15-17-10-6-4-7-11-17/h4,6-7,10-11,16,20H,3,5,8-9,12-15H2,1-2H3,(H,23,29)(H,24,25)(H,27,28)/t16-,20-/m1/s1. The Morgan fingerprint density at radius 1 is 1.03 bits per heavy atom. The van der Waals surface area contributed by atoms with Gasteiger partial charge in [-0.25, -0.2) is 9.59 Å². The third-order valence-electron chi connectivity index (χ3n) is 4.51. The Morgan fingerprint density at radius 2 is 1.74 bits per heavy atom. The van der Waals surface area contributed by atoms with Crippen molar-refractivity contribution in [2.45, 2.75) is 58.6 Å². The molecule has 3 N–H and O–H groups in total. The van der Waals surface area contributed by atoms with E-state index in [-0.39, 0.29) is 26.1 Å². The van der Waals surface area contributed by atoms with Crippen LogP contribution in [-0.4, -0.2) is 48.2 Å². The number of carboxylic acid groups (broad SMARTS) is 1. The van der Waals surface area contributed by atoms with Gasteiger partial charge in [-0.2, -0.15) is 0 Å². The number of unbranched alkanes of at least 4 members (excludes halogenated alkanes) is 2. The van der Waals surface area contributed by atoms with E-state index in [4.69, 9.17) is 9.47 Å². The molecule has 0 aliphatic rings. The maximum Gasteiger partial charge on any atom is 0.407 e. The van der Waals surface area contributed by atoms with Crippen LogP contribution in [0.15, 0.2) is 30.3 Å². The largest absolute Gasteiger partial charge is 0.480 e. The Balaban J connectivity index is 2.18. The van der Waals surface area contributed by atoms with E-state index in [1.54, 1.807) is 13.8 Å². The van der Waals surface area contributed by atoms with Crippen LogP contribution in [0.25, 0.3) is 0 Å². The summed E-state index contributed by atoms with van der Waals surface area (Å²) in [5.74, 6) is -2.67. The summed E-state index contributed by atoms with van der Waals surface area (Å²) >= 11 is 0. The zero-order valence-electron chi connectivity index (χ0n) is 18.1. The second kappa shape index (κ2) is 14.8. The number of nitrogens with one attached hydrogen (secondary N) is 2. The molecule has 9 heteroatoms. The quantitative estimate of drug-likeness (QED) is 0.302. The molecule has 31 heavy (non-hydrogen) atoms. The Hall–Kier alpha value is -3.10. The van der Waals surface area contributed by atoms with Gasteiger partial charge in [0, 0.05) is 13.0 Å². The number of carboxylic acids is 1. The highest BCUT2D eigenvalue weighted by molar-refractivity contribution is 5.84. The van der Waals surface area contributed by atoms with Gasteiger partial charge in [-0.1, -0.05) is 43.7 Å². The number of hydrogen-bond acceptors (Lipinski definition) is 6. The topological polar surface area (TPSA) is 131 Å². The van der Waals surface area contributed by atoms with Gasteiger partial charge in [-0.3, -0.25) is 9.59 Å². The summed E-state index contributed by atoms with van der Waals surface area (Å²) in [6, 6.07) is 8.20. The van der Waals surface area contributed by atoms with Crippen molar-refractivity contribution in [3.8, 4) is 0 Å². The van der Waals surface area contributed by atoms with Gasteiger partial charge >= 0.3 is 18.0 Å². The van der Waals surface area contributed by atoms with Gasteiger partial charge in [0.15, 0.2) is 0 Å². The van der Waals surface area contributed by atoms with Gasteiger partial charge in [0.1, 0.15) is 12.6 Å². The molecule has 0 saturated carbocycles. The lowest BCUT2D eigenvalue weighted by Gasteiger charge is -2.20. The summed E-state index contributed by atoms with van der Waals surface area (Å²) in [6.07, 6.45) is 1.47. The third kappa shape index (κ3) is 11.6. The van der Waals surface area contributed by atoms with E-state index in [1.807, 2.05) is 30.3 Å². The molecule has 0 aliphatic heterocycles. The molecular weight excluding hydrogens is 404 g/mol. The minimum absolute atomic E-state index is 0.0862. The lowest BCUT2D eigenvalue weighted by atomic mass is 9.98. The van der Waals surface area contributed by atoms with Crippen molar-refractivity contribution in [2.75, 3.05) is 13.2 Å². The lowest BCUT2D eigenvalue weighted by Crippen LogP contribution is -2.45. The first kappa shape index (κ1) is 25.9. The van der Waals surface area contributed by atoms with Crippen LogP contribution in [0.2, 0.25) is 0 Å². The first-order chi connectivity index (χ1) is 14.8. The van der Waals surface area contributed by atoms with Gasteiger partial charge in [0.2, 0.25) is 5.91 Å². The average molecular weight is 437 g/mol. The van der Waals surface area contributed by atoms with Gasteiger partial charge in [-0.05, 0) is 31.2 Å². The fourth-order valence-electron chi connectivity index (χ4n) is 2.85. The van der Waals surface area contributed by atoms with Crippen LogP contribution < -0.4 is 10.6 Å². The van der Waals surface area contributed by atoms with E-state index in [2.05, 4.69) is 10.6 Å². The predicted octanol–water partition coefficient (Wildman–Crippen LogP) is 2.63. The Bertz CT molecular complexity index is 709. The number of benzene rings is 1. The number of carbonyl (C=O) groups excluding carboxylic acids is 3. The van der Waals surface area contributed by atoms with Gasteiger partial charge in [-0.15, -0.1) is 0 Å². The van der Waals surface area contributed by atoms with E-state index < -0.39 is 35.9 Å². The summed E-state index contributed by atoms with van der Waals surface area (Å²) in [4.78, 5) is 46.6. The highest BCUT2D eigenvalue weighted by Gasteiger charge is 2.28. The SMILES string of the molecule is CCOC(=O)C[C@@H](C)[C@@H](NC(=O)CCCCCNC(=O)OCc1ccccc1)C(=O)O. The molecule has 0 saturated heterocycles. The molecule has 0 spiro atoms. The highest BCUT2D eigenvalue weighted by Crippen LogP contribution is 2.11. The van der Waals surface area contributed by atoms with Gasteiger partial charge in [0.05, 0.1) is 13.0 Å². The molecule has 1 aromatic carbocycles. The molecular formula is C22H32N2O7. The molecule has 9 nitrogen and oxygen atoms in total. The number of carbonyl (C=O) groups is 4. The van der Waals surface area contributed by atoms with Crippen LogP contribution in [0, 0.1) is 5.92 Å². The van der Waals surface area contributed by atoms with Gasteiger partial charge < -0.3 is 25.2 Å². The average Bonchev–Trinajstić information content (AvgIpc) is 2.73. The van der Waals surface area contributed by atoms with Crippen molar-refractivity contribution in [2.24, 2.45) is 5.92 Å². The zero-order valence-corrected chi connectivity index (χ0v) is 18.1. The van der Waals surface area contributed by atoms with Crippen molar-refractivity contribution in [1.29, 1.82) is 0 Å². The number of amides is 2. The van der Waals surface area contributed by atoms with E-state index in [9.17, 15) is 24.3 Å². The lowest BCUT2D eigenvalue weighted by molar-refractivity contribution is -0.147. The Labute approximate surface area is 182 Å². The van der Waals surface area contributed by atoms with Crippen LogP contribution in [0.1, 0.15) is 51.5 Å². The van der Waals surface area contributed by atoms with Crippen molar-refractivity contribution in [3.63, 3.8) is 0 Å². The zero-order chi connectivity index (χ0) is 23.1. The number of hydrogen-bond donors (Lipinski definition) is 3. The predicted molar refractivity (Wildman–Crippen MR) is 113 cm³/mol. The number of rotatable bonds is 14. The molecule has 172 valence electrons. The normalized spacial score (nSPS) is 12.3. The van der Waals surface area contributed by atoms with E-state index in [0.29, 0.717) is 25.8 Å². The highest BCUT2D eigenvalue weighted by atomic mass is 16.5. The van der Waals surface area contributed by atoms with Crippen LogP contribution >= 0.6 is 0 Å². The molecule has 0 aromatic heterocycles. The number of aliphatic carboxylic acids is 1. The summed E-state index contributed by atoms with van der Waals surface area (Å²) in [5, 5.41) is 14.4. The van der Waals surface area contributed by atoms with E-state index >= 15 is 0 Å². The molecule has 0 radical (unpaired) electrons. The number of esters is 1. The Kier molecular flexibility index (Phi) is 12.4. The molecule has 2 amide bonds. The summed E-state index contributed by atoms with van der Waals surface area (Å²) in [7, 11) is 0. The maximum absolute atomic E-state index is 12.1. The first-order valence-corrected chi connectivity index (χ1v) is 10.5. The maximum atomic E-state index is 12.1. The smallest absolute Gasteiger partial charge is 0.407 e. The van der Waals surface area contributed by atoms with Crippen molar-refractivity contribution >= 4 is 23.9 Å². The summed E-state index contributed by atoms with van der Waals surface area (Å²) in [6.45, 7) is 4.09. The van der Waals surface area contributed by atoms with Crippen molar-refractivity contribution in [1.82, 2.24) is 10.6 Å². The molecule has 0 unspecified atom stereocenters. The minimum Gasteiger partial charge on any atom is -0.480 e. The summed E-state index contributed by atoms with van der Waals surface area (Å²) < 4.78 is 9.92. The first-order valence-electron chi connectivity index (χ1n) is 10.5. The molecule has 0 bridgehead atoms. The molecule has 2 atom stereocenters. The third-order valence-corrected chi connectivity index (χ3v) is 4.51. The molecule has 1 rings (SSSR count). The van der Waals surface area contributed by atoms with Crippen LogP contribution in [0.3, 0.4) is 0 Å². The number of ether oxygens (including phenoxy) is 2. The minimum atomic E-state index is -1.19. The fraction of sp³-hybridized carbons (Fsp3) is 0.545. The molecule has 0 heterocycles. The van der Waals surface area contributed by atoms with Gasteiger partial charge in [0.25, 0.3) is 0 Å². The summed E-state index contributed by atoms with van der Waals surface area (Å²) in [5.41, 5.74) is 0.903. The Morgan fingerprint density at radius 3 is 2.39 bits per heavy atom.